The Bertz CT molecular complexity index is 854. The molecule has 0 saturated carbocycles. The lowest BCUT2D eigenvalue weighted by Gasteiger charge is -2.27. The summed E-state index contributed by atoms with van der Waals surface area (Å²) in [6.45, 7) is 0.638. The number of anilines is 1. The van der Waals surface area contributed by atoms with Gasteiger partial charge in [-0.2, -0.15) is 0 Å². The van der Waals surface area contributed by atoms with Gasteiger partial charge in [0.15, 0.2) is 0 Å². The van der Waals surface area contributed by atoms with Gasteiger partial charge in [-0.05, 0) is 47.7 Å². The quantitative estimate of drug-likeness (QED) is 0.722. The highest BCUT2D eigenvalue weighted by Gasteiger charge is 2.21. The lowest BCUT2D eigenvalue weighted by Crippen LogP contribution is -2.45. The van der Waals surface area contributed by atoms with E-state index in [-0.39, 0.29) is 17.9 Å². The fraction of sp³-hybridized carbons (Fsp3) is 0.188. The maximum Gasteiger partial charge on any atom is 0.326 e. The Morgan fingerprint density at radius 1 is 1.36 bits per heavy atom. The summed E-state index contributed by atoms with van der Waals surface area (Å²) in [5.41, 5.74) is 1.83. The lowest BCUT2D eigenvalue weighted by molar-refractivity contribution is 0.239. The molecule has 0 aliphatic carbocycles. The monoisotopic (exact) mass is 315 g/mol. The van der Waals surface area contributed by atoms with Gasteiger partial charge in [0.05, 0.1) is 6.04 Å². The Balaban J connectivity index is 1.52. The Morgan fingerprint density at radius 2 is 2.27 bits per heavy atom. The van der Waals surface area contributed by atoms with Crippen molar-refractivity contribution >= 4 is 33.3 Å². The number of nitrogens with zero attached hydrogens (tertiary/aromatic N) is 1. The van der Waals surface area contributed by atoms with Crippen LogP contribution in [0.25, 0.3) is 10.2 Å². The summed E-state index contributed by atoms with van der Waals surface area (Å²) in [5.74, 6) is -0.252. The molecule has 112 valence electrons. The van der Waals surface area contributed by atoms with Crippen LogP contribution in [-0.2, 0) is 6.42 Å². The largest absolute Gasteiger partial charge is 0.383 e. The standard InChI is InChI=1S/C16H14FN3OS/c17-12-1-2-14-11(7-12)8-13(9-18-14)19-16(21)20-5-3-10-4-6-22-15(10)20/h1-7,13,18H,8-9H2,(H,19,21). The Hall–Kier alpha value is -2.34. The normalized spacial score (nSPS) is 17.0. The first-order valence-electron chi connectivity index (χ1n) is 7.08. The van der Waals surface area contributed by atoms with E-state index in [2.05, 4.69) is 10.6 Å². The number of hydrogen-bond acceptors (Lipinski definition) is 3. The van der Waals surface area contributed by atoms with E-state index in [4.69, 9.17) is 0 Å². The molecule has 2 aromatic heterocycles. The molecule has 3 heterocycles. The molecule has 0 saturated heterocycles. The molecule has 3 aromatic rings. The minimum absolute atomic E-state index is 0.0563. The second-order valence-corrected chi connectivity index (χ2v) is 6.29. The summed E-state index contributed by atoms with van der Waals surface area (Å²) in [6.07, 6.45) is 2.40. The molecule has 0 spiro atoms. The predicted octanol–water partition coefficient (Wildman–Crippen LogP) is 3.44. The Labute approximate surface area is 130 Å². The van der Waals surface area contributed by atoms with Crippen LogP contribution in [0.3, 0.4) is 0 Å². The van der Waals surface area contributed by atoms with Crippen LogP contribution in [0.15, 0.2) is 41.9 Å². The van der Waals surface area contributed by atoms with Crippen molar-refractivity contribution in [2.75, 3.05) is 11.9 Å². The molecule has 2 N–H and O–H groups in total. The lowest BCUT2D eigenvalue weighted by atomic mass is 10.00. The summed E-state index contributed by atoms with van der Waals surface area (Å²) in [5, 5.41) is 9.28. The first kappa shape index (κ1) is 13.3. The van der Waals surface area contributed by atoms with Crippen LogP contribution in [0, 0.1) is 5.82 Å². The van der Waals surface area contributed by atoms with Gasteiger partial charge in [0.1, 0.15) is 10.6 Å². The van der Waals surface area contributed by atoms with E-state index in [0.717, 1.165) is 21.5 Å². The molecule has 22 heavy (non-hydrogen) atoms. The topological polar surface area (TPSA) is 46.1 Å². The fourth-order valence-corrected chi connectivity index (χ4v) is 3.71. The van der Waals surface area contributed by atoms with Crippen molar-refractivity contribution in [3.63, 3.8) is 0 Å². The van der Waals surface area contributed by atoms with Crippen LogP contribution in [0.4, 0.5) is 14.9 Å². The number of nitrogens with one attached hydrogen (secondary N) is 2. The average molecular weight is 315 g/mol. The van der Waals surface area contributed by atoms with Crippen molar-refractivity contribution in [1.82, 2.24) is 9.88 Å². The maximum absolute atomic E-state index is 13.3. The molecule has 1 amide bonds. The Morgan fingerprint density at radius 3 is 3.18 bits per heavy atom. The highest BCUT2D eigenvalue weighted by atomic mass is 32.1. The van der Waals surface area contributed by atoms with Gasteiger partial charge in [-0.15, -0.1) is 11.3 Å². The van der Waals surface area contributed by atoms with Gasteiger partial charge in [-0.25, -0.2) is 9.18 Å². The van der Waals surface area contributed by atoms with Gasteiger partial charge >= 0.3 is 6.03 Å². The molecule has 1 atom stereocenters. The second kappa shape index (κ2) is 5.14. The van der Waals surface area contributed by atoms with E-state index < -0.39 is 0 Å². The number of carbonyl (C=O) groups excluding carboxylic acids is 1. The molecule has 1 aliphatic heterocycles. The number of carbonyl (C=O) groups is 1. The first-order valence-corrected chi connectivity index (χ1v) is 7.96. The van der Waals surface area contributed by atoms with Gasteiger partial charge in [-0.3, -0.25) is 4.57 Å². The summed E-state index contributed by atoms with van der Waals surface area (Å²) >= 11 is 1.54. The highest BCUT2D eigenvalue weighted by molar-refractivity contribution is 7.16. The van der Waals surface area contributed by atoms with Crippen molar-refractivity contribution < 1.29 is 9.18 Å². The average Bonchev–Trinajstić information content (AvgIpc) is 3.09. The van der Waals surface area contributed by atoms with Crippen LogP contribution in [-0.4, -0.2) is 23.2 Å². The molecule has 4 rings (SSSR count). The molecular formula is C16H14FN3OS. The smallest absolute Gasteiger partial charge is 0.326 e. The maximum atomic E-state index is 13.3. The summed E-state index contributed by atoms with van der Waals surface area (Å²) in [7, 11) is 0. The summed E-state index contributed by atoms with van der Waals surface area (Å²) in [4.78, 5) is 13.4. The molecule has 0 fully saturated rings. The fourth-order valence-electron chi connectivity index (χ4n) is 2.84. The van der Waals surface area contributed by atoms with Crippen LogP contribution >= 0.6 is 11.3 Å². The van der Waals surface area contributed by atoms with Crippen LogP contribution in [0.5, 0.6) is 0 Å². The van der Waals surface area contributed by atoms with Crippen molar-refractivity contribution in [2.45, 2.75) is 12.5 Å². The third-order valence-corrected chi connectivity index (χ3v) is 4.84. The number of thiophene rings is 1. The molecule has 0 bridgehead atoms. The first-order chi connectivity index (χ1) is 10.7. The van der Waals surface area contributed by atoms with E-state index in [1.807, 2.05) is 17.5 Å². The van der Waals surface area contributed by atoms with Crippen molar-refractivity contribution in [3.8, 4) is 0 Å². The van der Waals surface area contributed by atoms with E-state index in [0.29, 0.717) is 13.0 Å². The summed E-state index contributed by atoms with van der Waals surface area (Å²) in [6, 6.07) is 8.42. The number of halogens is 1. The van der Waals surface area contributed by atoms with E-state index >= 15 is 0 Å². The number of aromatic nitrogens is 1. The molecular weight excluding hydrogens is 301 g/mol. The minimum Gasteiger partial charge on any atom is -0.383 e. The number of fused-ring (bicyclic) bond motifs is 2. The zero-order chi connectivity index (χ0) is 15.1. The number of rotatable bonds is 1. The van der Waals surface area contributed by atoms with Crippen molar-refractivity contribution in [1.29, 1.82) is 0 Å². The summed E-state index contributed by atoms with van der Waals surface area (Å²) < 4.78 is 15.0. The zero-order valence-corrected chi connectivity index (χ0v) is 12.5. The third-order valence-electron chi connectivity index (χ3n) is 3.92. The van der Waals surface area contributed by atoms with Crippen LogP contribution < -0.4 is 10.6 Å². The van der Waals surface area contributed by atoms with E-state index in [1.165, 1.54) is 23.5 Å². The van der Waals surface area contributed by atoms with Gasteiger partial charge in [0, 0.05) is 23.8 Å². The predicted molar refractivity (Wildman–Crippen MR) is 86.1 cm³/mol. The number of hydrogen-bond donors (Lipinski definition) is 2. The van der Waals surface area contributed by atoms with Gasteiger partial charge in [0.2, 0.25) is 0 Å². The van der Waals surface area contributed by atoms with Gasteiger partial charge in [-0.1, -0.05) is 0 Å². The molecule has 1 aromatic carbocycles. The van der Waals surface area contributed by atoms with Crippen LogP contribution in [0.2, 0.25) is 0 Å². The Kier molecular flexibility index (Phi) is 3.11. The third kappa shape index (κ3) is 2.25. The van der Waals surface area contributed by atoms with E-state index in [1.54, 1.807) is 16.8 Å². The molecule has 1 unspecified atom stereocenters. The number of amides is 1. The van der Waals surface area contributed by atoms with Crippen molar-refractivity contribution in [3.05, 3.63) is 53.3 Å². The number of benzene rings is 1. The minimum atomic E-state index is -0.252. The zero-order valence-electron chi connectivity index (χ0n) is 11.7. The van der Waals surface area contributed by atoms with Gasteiger partial charge < -0.3 is 10.6 Å². The SMILES string of the molecule is O=C(NC1CNc2ccc(F)cc2C1)n1ccc2ccsc21. The molecule has 4 nitrogen and oxygen atoms in total. The molecule has 6 heteroatoms. The highest BCUT2D eigenvalue weighted by Crippen LogP contribution is 2.24. The molecule has 0 radical (unpaired) electrons. The van der Waals surface area contributed by atoms with Crippen molar-refractivity contribution in [2.24, 2.45) is 0 Å². The van der Waals surface area contributed by atoms with Gasteiger partial charge in [0.25, 0.3) is 0 Å². The van der Waals surface area contributed by atoms with E-state index in [9.17, 15) is 9.18 Å². The molecule has 1 aliphatic rings. The van der Waals surface area contributed by atoms with Crippen LogP contribution in [0.1, 0.15) is 5.56 Å². The second-order valence-electron chi connectivity index (χ2n) is 5.40.